The van der Waals surface area contributed by atoms with Gasteiger partial charge in [-0.15, -0.1) is 11.8 Å². The van der Waals surface area contributed by atoms with Crippen LogP contribution < -0.4 is 4.74 Å². The van der Waals surface area contributed by atoms with Crippen molar-refractivity contribution in [3.8, 4) is 11.4 Å². The van der Waals surface area contributed by atoms with E-state index in [0.717, 1.165) is 22.8 Å². The second kappa shape index (κ2) is 6.72. The summed E-state index contributed by atoms with van der Waals surface area (Å²) in [7, 11) is 1.67. The SMILES string of the molecule is COc1ccccc1-n1ccc(C2SCC(=O)N2Cc2ccco2)c1. The number of hydrogen-bond acceptors (Lipinski definition) is 4. The number of rotatable bonds is 5. The molecule has 0 N–H and O–H groups in total. The van der Waals surface area contributed by atoms with Gasteiger partial charge in [0.25, 0.3) is 0 Å². The van der Waals surface area contributed by atoms with Gasteiger partial charge in [0.05, 0.1) is 31.4 Å². The van der Waals surface area contributed by atoms with Crippen LogP contribution in [0.15, 0.2) is 65.5 Å². The molecule has 0 radical (unpaired) electrons. The third kappa shape index (κ3) is 3.05. The number of para-hydroxylation sites is 2. The van der Waals surface area contributed by atoms with Crippen molar-refractivity contribution in [1.82, 2.24) is 9.47 Å². The summed E-state index contributed by atoms with van der Waals surface area (Å²) in [6.07, 6.45) is 5.70. The Morgan fingerprint density at radius 3 is 2.92 bits per heavy atom. The maximum Gasteiger partial charge on any atom is 0.234 e. The predicted octanol–water partition coefficient (Wildman–Crippen LogP) is 3.85. The van der Waals surface area contributed by atoms with Gasteiger partial charge in [-0.25, -0.2) is 0 Å². The molecule has 25 heavy (non-hydrogen) atoms. The third-order valence-electron chi connectivity index (χ3n) is 4.24. The van der Waals surface area contributed by atoms with Gasteiger partial charge in [0.1, 0.15) is 16.9 Å². The molecule has 1 aliphatic heterocycles. The molecule has 1 atom stereocenters. The summed E-state index contributed by atoms with van der Waals surface area (Å²) in [5.74, 6) is 2.24. The lowest BCUT2D eigenvalue weighted by molar-refractivity contribution is -0.128. The molecule has 1 amide bonds. The molecule has 0 saturated carbocycles. The van der Waals surface area contributed by atoms with E-state index >= 15 is 0 Å². The first kappa shape index (κ1) is 15.9. The van der Waals surface area contributed by atoms with Crippen LogP contribution in [0.4, 0.5) is 0 Å². The molecular formula is C19H18N2O3S. The highest BCUT2D eigenvalue weighted by atomic mass is 32.2. The van der Waals surface area contributed by atoms with Crippen LogP contribution in [0.3, 0.4) is 0 Å². The molecule has 1 aromatic carbocycles. The molecular weight excluding hydrogens is 336 g/mol. The van der Waals surface area contributed by atoms with Gasteiger partial charge in [0, 0.05) is 18.0 Å². The molecule has 5 nitrogen and oxygen atoms in total. The van der Waals surface area contributed by atoms with Gasteiger partial charge in [-0.2, -0.15) is 0 Å². The molecule has 0 aliphatic carbocycles. The maximum absolute atomic E-state index is 12.3. The summed E-state index contributed by atoms with van der Waals surface area (Å²) >= 11 is 1.64. The molecule has 6 heteroatoms. The molecule has 1 fully saturated rings. The second-order valence-electron chi connectivity index (χ2n) is 5.79. The van der Waals surface area contributed by atoms with E-state index in [4.69, 9.17) is 9.15 Å². The van der Waals surface area contributed by atoms with Gasteiger partial charge < -0.3 is 18.6 Å². The average molecular weight is 354 g/mol. The van der Waals surface area contributed by atoms with Crippen LogP contribution in [0.2, 0.25) is 0 Å². The van der Waals surface area contributed by atoms with Crippen molar-refractivity contribution in [1.29, 1.82) is 0 Å². The van der Waals surface area contributed by atoms with E-state index in [1.807, 2.05) is 52.1 Å². The van der Waals surface area contributed by atoms with E-state index in [9.17, 15) is 4.79 Å². The zero-order chi connectivity index (χ0) is 17.2. The number of benzene rings is 1. The smallest absolute Gasteiger partial charge is 0.234 e. The Labute approximate surface area is 150 Å². The number of nitrogens with zero attached hydrogens (tertiary/aromatic N) is 2. The van der Waals surface area contributed by atoms with E-state index in [1.165, 1.54) is 0 Å². The number of carbonyl (C=O) groups is 1. The van der Waals surface area contributed by atoms with E-state index < -0.39 is 0 Å². The largest absolute Gasteiger partial charge is 0.495 e. The minimum atomic E-state index is -0.00597. The Morgan fingerprint density at radius 2 is 2.12 bits per heavy atom. The number of hydrogen-bond donors (Lipinski definition) is 0. The lowest BCUT2D eigenvalue weighted by atomic mass is 10.2. The lowest BCUT2D eigenvalue weighted by Gasteiger charge is -2.22. The maximum atomic E-state index is 12.3. The van der Waals surface area contributed by atoms with Crippen molar-refractivity contribution in [2.24, 2.45) is 0 Å². The van der Waals surface area contributed by atoms with Gasteiger partial charge >= 0.3 is 0 Å². The Kier molecular flexibility index (Phi) is 4.28. The highest BCUT2D eigenvalue weighted by molar-refractivity contribution is 8.00. The molecule has 1 saturated heterocycles. The summed E-state index contributed by atoms with van der Waals surface area (Å²) in [4.78, 5) is 14.2. The number of furan rings is 1. The molecule has 1 aliphatic rings. The minimum absolute atomic E-state index is 0.00597. The van der Waals surface area contributed by atoms with Gasteiger partial charge in [-0.1, -0.05) is 12.1 Å². The van der Waals surface area contributed by atoms with Crippen molar-refractivity contribution in [2.75, 3.05) is 12.9 Å². The summed E-state index contributed by atoms with van der Waals surface area (Å²) < 4.78 is 12.9. The quantitative estimate of drug-likeness (QED) is 0.698. The Hall–Kier alpha value is -2.60. The summed E-state index contributed by atoms with van der Waals surface area (Å²) in [5.41, 5.74) is 2.07. The number of methoxy groups -OCH3 is 1. The van der Waals surface area contributed by atoms with Crippen molar-refractivity contribution < 1.29 is 13.9 Å². The monoisotopic (exact) mass is 354 g/mol. The number of ether oxygens (including phenoxy) is 1. The van der Waals surface area contributed by atoms with E-state index in [-0.39, 0.29) is 11.3 Å². The first-order valence-electron chi connectivity index (χ1n) is 8.01. The molecule has 1 unspecified atom stereocenters. The zero-order valence-electron chi connectivity index (χ0n) is 13.8. The molecule has 128 valence electrons. The number of amides is 1. The van der Waals surface area contributed by atoms with E-state index in [1.54, 1.807) is 25.1 Å². The Morgan fingerprint density at radius 1 is 1.24 bits per heavy atom. The Bertz CT molecular complexity index is 872. The van der Waals surface area contributed by atoms with Gasteiger partial charge in [-0.05, 0) is 30.3 Å². The van der Waals surface area contributed by atoms with Crippen LogP contribution in [0.1, 0.15) is 16.7 Å². The fourth-order valence-electron chi connectivity index (χ4n) is 3.02. The fourth-order valence-corrected chi connectivity index (χ4v) is 4.19. The topological polar surface area (TPSA) is 47.6 Å². The Balaban J connectivity index is 1.61. The van der Waals surface area contributed by atoms with Crippen LogP contribution in [-0.4, -0.2) is 28.2 Å². The van der Waals surface area contributed by atoms with Crippen molar-refractivity contribution in [2.45, 2.75) is 11.9 Å². The zero-order valence-corrected chi connectivity index (χ0v) is 14.6. The second-order valence-corrected chi connectivity index (χ2v) is 6.86. The number of thioether (sulfide) groups is 1. The van der Waals surface area contributed by atoms with E-state index in [2.05, 4.69) is 12.3 Å². The molecule has 2 aromatic heterocycles. The highest BCUT2D eigenvalue weighted by Gasteiger charge is 2.33. The molecule has 3 heterocycles. The third-order valence-corrected chi connectivity index (χ3v) is 5.49. The first-order chi connectivity index (χ1) is 12.3. The molecule has 4 rings (SSSR count). The summed E-state index contributed by atoms with van der Waals surface area (Å²) in [6, 6.07) is 13.7. The van der Waals surface area contributed by atoms with E-state index in [0.29, 0.717) is 12.3 Å². The van der Waals surface area contributed by atoms with Gasteiger partial charge in [0.15, 0.2) is 0 Å². The van der Waals surface area contributed by atoms with Crippen LogP contribution in [0.25, 0.3) is 5.69 Å². The van der Waals surface area contributed by atoms with Crippen LogP contribution in [0, 0.1) is 0 Å². The lowest BCUT2D eigenvalue weighted by Crippen LogP contribution is -2.27. The van der Waals surface area contributed by atoms with Gasteiger partial charge in [0.2, 0.25) is 5.91 Å². The average Bonchev–Trinajstić information content (AvgIpc) is 3.38. The van der Waals surface area contributed by atoms with Crippen LogP contribution >= 0.6 is 11.8 Å². The van der Waals surface area contributed by atoms with Crippen molar-refractivity contribution >= 4 is 17.7 Å². The first-order valence-corrected chi connectivity index (χ1v) is 9.06. The normalized spacial score (nSPS) is 17.2. The van der Waals surface area contributed by atoms with Crippen LogP contribution in [0.5, 0.6) is 5.75 Å². The number of aromatic nitrogens is 1. The molecule has 0 spiro atoms. The molecule has 3 aromatic rings. The predicted molar refractivity (Wildman–Crippen MR) is 96.8 cm³/mol. The fraction of sp³-hybridized carbons (Fsp3) is 0.211. The minimum Gasteiger partial charge on any atom is -0.495 e. The standard InChI is InChI=1S/C19H18N2O3S/c1-23-17-7-3-2-6-16(17)20-9-8-14(11-20)19-21(18(22)13-25-19)12-15-5-4-10-24-15/h2-11,19H,12-13H2,1H3. The summed E-state index contributed by atoms with van der Waals surface area (Å²) in [6.45, 7) is 0.489. The van der Waals surface area contributed by atoms with Crippen molar-refractivity contribution in [3.63, 3.8) is 0 Å². The number of carbonyl (C=O) groups excluding carboxylic acids is 1. The highest BCUT2D eigenvalue weighted by Crippen LogP contribution is 2.40. The van der Waals surface area contributed by atoms with Crippen molar-refractivity contribution in [3.05, 3.63) is 72.4 Å². The van der Waals surface area contributed by atoms with Crippen LogP contribution in [-0.2, 0) is 11.3 Å². The van der Waals surface area contributed by atoms with Gasteiger partial charge in [-0.3, -0.25) is 4.79 Å². The summed E-state index contributed by atoms with van der Waals surface area (Å²) in [5, 5.41) is -0.00597. The molecule has 0 bridgehead atoms.